The Kier molecular flexibility index (Phi) is 5.77. The average molecular weight is 479 g/mol. The molecule has 4 aliphatic rings. The van der Waals surface area contributed by atoms with Crippen molar-refractivity contribution in [1.82, 2.24) is 9.21 Å². The Balaban J connectivity index is 1.17. The van der Waals surface area contributed by atoms with Crippen LogP contribution >= 0.6 is 0 Å². The number of carbonyl (C=O) groups excluding carboxylic acids is 1. The Hall–Kier alpha value is -2.18. The van der Waals surface area contributed by atoms with E-state index < -0.39 is 10.0 Å². The van der Waals surface area contributed by atoms with Gasteiger partial charge in [0, 0.05) is 25.0 Å². The maximum atomic E-state index is 13.8. The fraction of sp³-hybridized carbons (Fsp3) is 0.536. The Morgan fingerprint density at radius 1 is 0.824 bits per heavy atom. The van der Waals surface area contributed by atoms with Crippen LogP contribution in [0, 0.1) is 5.92 Å². The predicted octanol–water partition coefficient (Wildman–Crippen LogP) is 4.64. The van der Waals surface area contributed by atoms with Crippen molar-refractivity contribution in [1.29, 1.82) is 0 Å². The predicted molar refractivity (Wildman–Crippen MR) is 132 cm³/mol. The summed E-state index contributed by atoms with van der Waals surface area (Å²) in [7, 11) is -3.51. The van der Waals surface area contributed by atoms with Crippen LogP contribution in [0.2, 0.25) is 0 Å². The van der Waals surface area contributed by atoms with Crippen LogP contribution in [0.5, 0.6) is 0 Å². The molecule has 1 unspecified atom stereocenters. The summed E-state index contributed by atoms with van der Waals surface area (Å²) in [6.45, 7) is 0.852. The second-order valence-corrected chi connectivity index (χ2v) is 12.5. The van der Waals surface area contributed by atoms with E-state index in [0.717, 1.165) is 51.4 Å². The summed E-state index contributed by atoms with van der Waals surface area (Å²) in [5.41, 5.74) is 5.17. The second-order valence-electron chi connectivity index (χ2n) is 10.5. The van der Waals surface area contributed by atoms with Crippen LogP contribution in [-0.2, 0) is 34.1 Å². The third-order valence-corrected chi connectivity index (χ3v) is 10.3. The highest BCUT2D eigenvalue weighted by molar-refractivity contribution is 7.89. The maximum Gasteiger partial charge on any atom is 0.243 e. The van der Waals surface area contributed by atoms with E-state index in [1.165, 1.54) is 22.3 Å². The van der Waals surface area contributed by atoms with Gasteiger partial charge in [-0.15, -0.1) is 0 Å². The van der Waals surface area contributed by atoms with Crippen LogP contribution in [0.15, 0.2) is 47.4 Å². The summed E-state index contributed by atoms with van der Waals surface area (Å²) in [6.07, 6.45) is 9.78. The monoisotopic (exact) mass is 478 g/mol. The Labute approximate surface area is 203 Å². The smallest absolute Gasteiger partial charge is 0.243 e. The lowest BCUT2D eigenvalue weighted by molar-refractivity contribution is -0.140. The third kappa shape index (κ3) is 3.99. The number of hydrogen-bond donors (Lipinski definition) is 0. The topological polar surface area (TPSA) is 57.7 Å². The summed E-state index contributed by atoms with van der Waals surface area (Å²) >= 11 is 0. The highest BCUT2D eigenvalue weighted by Gasteiger charge is 2.43. The molecule has 6 rings (SSSR count). The van der Waals surface area contributed by atoms with Crippen LogP contribution in [0.25, 0.3) is 0 Å². The normalized spacial score (nSPS) is 23.4. The molecule has 34 heavy (non-hydrogen) atoms. The zero-order valence-electron chi connectivity index (χ0n) is 19.8. The molecule has 0 spiro atoms. The van der Waals surface area contributed by atoms with Gasteiger partial charge in [-0.3, -0.25) is 4.79 Å². The van der Waals surface area contributed by atoms with Gasteiger partial charge in [-0.1, -0.05) is 30.3 Å². The third-order valence-electron chi connectivity index (χ3n) is 8.38. The van der Waals surface area contributed by atoms with E-state index in [9.17, 15) is 13.2 Å². The summed E-state index contributed by atoms with van der Waals surface area (Å²) in [4.78, 5) is 16.4. The number of nitrogens with zero attached hydrogens (tertiary/aromatic N) is 2. The van der Waals surface area contributed by atoms with Crippen LogP contribution in [0.3, 0.4) is 0 Å². The Bertz CT molecular complexity index is 1200. The van der Waals surface area contributed by atoms with Crippen LogP contribution in [0.4, 0.5) is 0 Å². The minimum Gasteiger partial charge on any atom is -0.332 e. The van der Waals surface area contributed by atoms with Gasteiger partial charge in [0.2, 0.25) is 15.9 Å². The highest BCUT2D eigenvalue weighted by atomic mass is 32.2. The first-order valence-corrected chi connectivity index (χ1v) is 14.5. The molecule has 1 atom stereocenters. The zero-order valence-corrected chi connectivity index (χ0v) is 20.6. The van der Waals surface area contributed by atoms with Gasteiger partial charge in [0.1, 0.15) is 0 Å². The fourth-order valence-corrected chi connectivity index (χ4v) is 7.89. The van der Waals surface area contributed by atoms with Crippen molar-refractivity contribution < 1.29 is 13.2 Å². The van der Waals surface area contributed by atoms with Crippen molar-refractivity contribution in [2.24, 2.45) is 5.92 Å². The van der Waals surface area contributed by atoms with Gasteiger partial charge in [-0.2, -0.15) is 4.31 Å². The minimum atomic E-state index is -3.51. The molecule has 1 saturated heterocycles. The van der Waals surface area contributed by atoms with Gasteiger partial charge in [-0.05, 0) is 98.6 Å². The summed E-state index contributed by atoms with van der Waals surface area (Å²) in [5, 5.41) is 0. The lowest BCUT2D eigenvalue weighted by Gasteiger charge is -2.40. The molecule has 180 valence electrons. The summed E-state index contributed by atoms with van der Waals surface area (Å²) in [5.74, 6) is 0.167. The quantitative estimate of drug-likeness (QED) is 0.629. The van der Waals surface area contributed by atoms with E-state index in [-0.39, 0.29) is 17.9 Å². The first-order chi connectivity index (χ1) is 16.5. The minimum absolute atomic E-state index is 0.0823. The molecule has 1 aliphatic heterocycles. The van der Waals surface area contributed by atoms with Crippen LogP contribution in [-0.4, -0.2) is 42.7 Å². The van der Waals surface area contributed by atoms with Crippen molar-refractivity contribution in [3.05, 3.63) is 64.7 Å². The van der Waals surface area contributed by atoms with Gasteiger partial charge >= 0.3 is 0 Å². The molecule has 0 N–H and O–H groups in total. The molecule has 2 fully saturated rings. The lowest BCUT2D eigenvalue weighted by Crippen LogP contribution is -2.46. The maximum absolute atomic E-state index is 13.8. The molecule has 1 heterocycles. The van der Waals surface area contributed by atoms with Gasteiger partial charge in [0.05, 0.1) is 10.9 Å². The van der Waals surface area contributed by atoms with E-state index in [1.54, 1.807) is 10.4 Å². The number of hydrogen-bond acceptors (Lipinski definition) is 3. The number of sulfonamides is 1. The van der Waals surface area contributed by atoms with E-state index in [0.29, 0.717) is 36.9 Å². The molecule has 0 radical (unpaired) electrons. The molecular formula is C28H34N2O3S. The van der Waals surface area contributed by atoms with Gasteiger partial charge in [0.25, 0.3) is 0 Å². The number of rotatable bonds is 5. The summed E-state index contributed by atoms with van der Waals surface area (Å²) in [6, 6.07) is 14.8. The molecule has 0 aromatic heterocycles. The average Bonchev–Trinajstić information content (AvgIpc) is 3.59. The number of fused-ring (bicyclic) bond motifs is 2. The lowest BCUT2D eigenvalue weighted by atomic mass is 9.85. The molecule has 1 amide bonds. The number of aryl methyl sites for hydroxylation is 3. The highest BCUT2D eigenvalue weighted by Crippen LogP contribution is 2.42. The molecule has 2 aromatic rings. The van der Waals surface area contributed by atoms with Gasteiger partial charge in [0.15, 0.2) is 0 Å². The molecule has 6 heteroatoms. The van der Waals surface area contributed by atoms with Gasteiger partial charge < -0.3 is 4.90 Å². The van der Waals surface area contributed by atoms with Crippen molar-refractivity contribution in [3.8, 4) is 0 Å². The van der Waals surface area contributed by atoms with E-state index in [1.807, 2.05) is 12.1 Å². The van der Waals surface area contributed by atoms with Crippen molar-refractivity contribution in [2.75, 3.05) is 13.1 Å². The van der Waals surface area contributed by atoms with Crippen molar-refractivity contribution in [2.45, 2.75) is 81.2 Å². The molecule has 5 nitrogen and oxygen atoms in total. The standard InChI is InChI=1S/C28H34N2O3S/c31-28(30(24-12-13-24)27-10-4-7-21-5-1-2-9-26(21)27)22-15-17-29(18-16-22)34(32,33)25-14-11-20-6-3-8-23(20)19-25/h1-2,5,9,11,14,19,22,24,27H,3-4,6-8,10,12-13,15-18H2. The van der Waals surface area contributed by atoms with E-state index in [4.69, 9.17) is 0 Å². The fourth-order valence-electron chi connectivity index (χ4n) is 6.37. The van der Waals surface area contributed by atoms with Crippen molar-refractivity contribution >= 4 is 15.9 Å². The number of carbonyl (C=O) groups is 1. The number of benzene rings is 2. The molecule has 3 aliphatic carbocycles. The van der Waals surface area contributed by atoms with E-state index >= 15 is 0 Å². The molecular weight excluding hydrogens is 444 g/mol. The molecule has 1 saturated carbocycles. The molecule has 0 bridgehead atoms. The Morgan fingerprint density at radius 3 is 2.35 bits per heavy atom. The molecule has 2 aromatic carbocycles. The number of piperidine rings is 1. The van der Waals surface area contributed by atoms with Gasteiger partial charge in [-0.25, -0.2) is 8.42 Å². The van der Waals surface area contributed by atoms with E-state index in [2.05, 4.69) is 29.2 Å². The number of amides is 1. The van der Waals surface area contributed by atoms with Crippen LogP contribution in [0.1, 0.15) is 73.2 Å². The van der Waals surface area contributed by atoms with Crippen LogP contribution < -0.4 is 0 Å². The zero-order chi connectivity index (χ0) is 23.3. The van der Waals surface area contributed by atoms with Crippen molar-refractivity contribution in [3.63, 3.8) is 0 Å². The summed E-state index contributed by atoms with van der Waals surface area (Å²) < 4.78 is 28.3. The first-order valence-electron chi connectivity index (χ1n) is 13.0. The SMILES string of the molecule is O=C(C1CCN(S(=O)(=O)c2ccc3c(c2)CCC3)CC1)N(C1CC1)C1CCCc2ccccc21. The first kappa shape index (κ1) is 22.3. The Morgan fingerprint density at radius 2 is 1.56 bits per heavy atom. The second kappa shape index (κ2) is 8.80. The largest absolute Gasteiger partial charge is 0.332 e.